The maximum atomic E-state index is 11.9. The van der Waals surface area contributed by atoms with Crippen molar-refractivity contribution < 1.29 is 14.3 Å². The number of rotatable bonds is 6. The molecule has 1 aliphatic heterocycles. The number of nitrogens with one attached hydrogen (secondary N) is 1. The van der Waals surface area contributed by atoms with Gasteiger partial charge in [-0.1, -0.05) is 28.1 Å². The first-order valence-corrected chi connectivity index (χ1v) is 8.93. The van der Waals surface area contributed by atoms with Crippen LogP contribution in [0, 0.1) is 0 Å². The molecule has 0 bridgehead atoms. The predicted octanol–water partition coefficient (Wildman–Crippen LogP) is 2.38. The van der Waals surface area contributed by atoms with Crippen LogP contribution in [0.5, 0.6) is 5.75 Å². The van der Waals surface area contributed by atoms with E-state index in [2.05, 4.69) is 31.1 Å². The number of pyridine rings is 1. The van der Waals surface area contributed by atoms with Crippen LogP contribution in [0.15, 0.2) is 47.1 Å². The largest absolute Gasteiger partial charge is 0.484 e. The number of carbonyl (C=O) groups excluding carboxylic acids is 1. The van der Waals surface area contributed by atoms with Crippen molar-refractivity contribution in [3.8, 4) is 5.75 Å². The van der Waals surface area contributed by atoms with Gasteiger partial charge in [0.15, 0.2) is 6.61 Å². The number of morpholine rings is 1. The molecule has 132 valence electrons. The molecule has 1 aromatic heterocycles. The fourth-order valence-corrected chi connectivity index (χ4v) is 2.84. The van der Waals surface area contributed by atoms with Gasteiger partial charge in [-0.15, -0.1) is 0 Å². The van der Waals surface area contributed by atoms with E-state index in [0.717, 1.165) is 42.2 Å². The molecule has 1 aromatic carbocycles. The average molecular weight is 406 g/mol. The lowest BCUT2D eigenvalue weighted by atomic mass is 10.2. The van der Waals surface area contributed by atoms with Gasteiger partial charge in [0, 0.05) is 30.3 Å². The minimum absolute atomic E-state index is 0.0181. The van der Waals surface area contributed by atoms with Crippen LogP contribution in [0.3, 0.4) is 0 Å². The number of amides is 1. The van der Waals surface area contributed by atoms with Crippen molar-refractivity contribution in [2.45, 2.75) is 6.54 Å². The Morgan fingerprint density at radius 2 is 2.12 bits per heavy atom. The highest BCUT2D eigenvalue weighted by Gasteiger charge is 2.12. The molecule has 6 nitrogen and oxygen atoms in total. The second-order valence-corrected chi connectivity index (χ2v) is 6.56. The van der Waals surface area contributed by atoms with E-state index in [1.54, 1.807) is 6.20 Å². The average Bonchev–Trinajstić information content (AvgIpc) is 2.66. The molecule has 0 spiro atoms. The van der Waals surface area contributed by atoms with Crippen LogP contribution in [-0.4, -0.2) is 43.8 Å². The molecule has 1 N–H and O–H groups in total. The summed E-state index contributed by atoms with van der Waals surface area (Å²) in [7, 11) is 0. The fourth-order valence-electron chi connectivity index (χ4n) is 2.46. The van der Waals surface area contributed by atoms with Crippen molar-refractivity contribution in [3.63, 3.8) is 0 Å². The third-order valence-electron chi connectivity index (χ3n) is 3.80. The van der Waals surface area contributed by atoms with Gasteiger partial charge in [-0.3, -0.25) is 4.79 Å². The summed E-state index contributed by atoms with van der Waals surface area (Å²) in [5.74, 6) is 1.43. The third-order valence-corrected chi connectivity index (χ3v) is 4.29. The lowest BCUT2D eigenvalue weighted by Gasteiger charge is -2.27. The molecule has 0 aliphatic carbocycles. The Balaban J connectivity index is 1.43. The van der Waals surface area contributed by atoms with Gasteiger partial charge in [0.1, 0.15) is 11.6 Å². The van der Waals surface area contributed by atoms with Gasteiger partial charge in [-0.25, -0.2) is 4.98 Å². The molecule has 0 atom stereocenters. The Morgan fingerprint density at radius 3 is 2.84 bits per heavy atom. The van der Waals surface area contributed by atoms with Gasteiger partial charge < -0.3 is 19.7 Å². The molecule has 0 radical (unpaired) electrons. The molecule has 7 heteroatoms. The Morgan fingerprint density at radius 1 is 1.28 bits per heavy atom. The van der Waals surface area contributed by atoms with E-state index in [-0.39, 0.29) is 12.5 Å². The standard InChI is InChI=1S/C18H20BrN3O3/c19-15-2-1-3-16(10-15)25-13-18(23)21-12-14-4-5-17(20-11-14)22-6-8-24-9-7-22/h1-5,10-11H,6-9,12-13H2,(H,21,23). The van der Waals surface area contributed by atoms with Gasteiger partial charge in [-0.2, -0.15) is 0 Å². The van der Waals surface area contributed by atoms with Crippen molar-refractivity contribution in [1.82, 2.24) is 10.3 Å². The summed E-state index contributed by atoms with van der Waals surface area (Å²) in [6, 6.07) is 11.4. The zero-order valence-electron chi connectivity index (χ0n) is 13.8. The monoisotopic (exact) mass is 405 g/mol. The Kier molecular flexibility index (Phi) is 6.25. The first-order valence-electron chi connectivity index (χ1n) is 8.13. The second-order valence-electron chi connectivity index (χ2n) is 5.65. The highest BCUT2D eigenvalue weighted by Crippen LogP contribution is 2.17. The van der Waals surface area contributed by atoms with Gasteiger partial charge in [-0.05, 0) is 29.8 Å². The molecule has 0 unspecified atom stereocenters. The number of hydrogen-bond acceptors (Lipinski definition) is 5. The van der Waals surface area contributed by atoms with E-state index in [4.69, 9.17) is 9.47 Å². The number of aromatic nitrogens is 1. The minimum atomic E-state index is -0.169. The number of hydrogen-bond donors (Lipinski definition) is 1. The number of benzene rings is 1. The first kappa shape index (κ1) is 17.7. The van der Waals surface area contributed by atoms with Crippen molar-refractivity contribution in [1.29, 1.82) is 0 Å². The van der Waals surface area contributed by atoms with E-state index in [1.165, 1.54) is 0 Å². The first-order chi connectivity index (χ1) is 12.2. The Hall–Kier alpha value is -2.12. The van der Waals surface area contributed by atoms with Crippen LogP contribution >= 0.6 is 15.9 Å². The number of ether oxygens (including phenoxy) is 2. The zero-order valence-corrected chi connectivity index (χ0v) is 15.4. The summed E-state index contributed by atoms with van der Waals surface area (Å²) in [5, 5.41) is 2.83. The normalized spacial score (nSPS) is 14.2. The van der Waals surface area contributed by atoms with E-state index >= 15 is 0 Å². The Labute approximate surface area is 155 Å². The van der Waals surface area contributed by atoms with Crippen LogP contribution in [-0.2, 0) is 16.1 Å². The van der Waals surface area contributed by atoms with Crippen molar-refractivity contribution in [2.75, 3.05) is 37.8 Å². The molecule has 1 aliphatic rings. The molecular weight excluding hydrogens is 386 g/mol. The number of halogens is 1. The Bertz CT molecular complexity index is 703. The topological polar surface area (TPSA) is 63.7 Å². The predicted molar refractivity (Wildman–Crippen MR) is 98.8 cm³/mol. The molecule has 1 saturated heterocycles. The summed E-state index contributed by atoms with van der Waals surface area (Å²) < 4.78 is 11.7. The maximum absolute atomic E-state index is 11.9. The highest BCUT2D eigenvalue weighted by atomic mass is 79.9. The van der Waals surface area contributed by atoms with Gasteiger partial charge in [0.25, 0.3) is 5.91 Å². The van der Waals surface area contributed by atoms with Crippen LogP contribution in [0.25, 0.3) is 0 Å². The molecule has 3 rings (SSSR count). The minimum Gasteiger partial charge on any atom is -0.484 e. The highest BCUT2D eigenvalue weighted by molar-refractivity contribution is 9.10. The van der Waals surface area contributed by atoms with Crippen LogP contribution in [0.2, 0.25) is 0 Å². The SMILES string of the molecule is O=C(COc1cccc(Br)c1)NCc1ccc(N2CCOCC2)nc1. The summed E-state index contributed by atoms with van der Waals surface area (Å²) in [5.41, 5.74) is 0.952. The second kappa shape index (κ2) is 8.82. The molecule has 2 aromatic rings. The lowest BCUT2D eigenvalue weighted by Crippen LogP contribution is -2.36. The quantitative estimate of drug-likeness (QED) is 0.798. The fraction of sp³-hybridized carbons (Fsp3) is 0.333. The van der Waals surface area contributed by atoms with E-state index in [9.17, 15) is 4.79 Å². The van der Waals surface area contributed by atoms with Crippen molar-refractivity contribution in [3.05, 3.63) is 52.6 Å². The zero-order chi connectivity index (χ0) is 17.5. The smallest absolute Gasteiger partial charge is 0.258 e. The van der Waals surface area contributed by atoms with Crippen molar-refractivity contribution >= 4 is 27.7 Å². The third kappa shape index (κ3) is 5.44. The van der Waals surface area contributed by atoms with Gasteiger partial charge in [0.2, 0.25) is 0 Å². The molecular formula is C18H20BrN3O3. The van der Waals surface area contributed by atoms with Crippen LogP contribution in [0.4, 0.5) is 5.82 Å². The number of anilines is 1. The summed E-state index contributed by atoms with van der Waals surface area (Å²) in [4.78, 5) is 18.6. The molecule has 2 heterocycles. The molecule has 0 saturated carbocycles. The van der Waals surface area contributed by atoms with E-state index in [0.29, 0.717) is 12.3 Å². The number of nitrogens with zero attached hydrogens (tertiary/aromatic N) is 2. The van der Waals surface area contributed by atoms with Gasteiger partial charge >= 0.3 is 0 Å². The molecule has 1 amide bonds. The van der Waals surface area contributed by atoms with E-state index in [1.807, 2.05) is 36.4 Å². The van der Waals surface area contributed by atoms with Crippen LogP contribution < -0.4 is 15.0 Å². The van der Waals surface area contributed by atoms with Crippen molar-refractivity contribution in [2.24, 2.45) is 0 Å². The lowest BCUT2D eigenvalue weighted by molar-refractivity contribution is -0.123. The molecule has 1 fully saturated rings. The van der Waals surface area contributed by atoms with Crippen LogP contribution in [0.1, 0.15) is 5.56 Å². The number of carbonyl (C=O) groups is 1. The summed E-state index contributed by atoms with van der Waals surface area (Å²) >= 11 is 3.37. The summed E-state index contributed by atoms with van der Waals surface area (Å²) in [6.45, 7) is 3.59. The molecule has 25 heavy (non-hydrogen) atoms. The van der Waals surface area contributed by atoms with E-state index < -0.39 is 0 Å². The van der Waals surface area contributed by atoms with Gasteiger partial charge in [0.05, 0.1) is 13.2 Å². The maximum Gasteiger partial charge on any atom is 0.258 e. The summed E-state index contributed by atoms with van der Waals surface area (Å²) in [6.07, 6.45) is 1.79.